The Kier molecular flexibility index (Phi) is 3.80. The average Bonchev–Trinajstić information content (AvgIpc) is 2.37. The molecule has 1 amide bonds. The van der Waals surface area contributed by atoms with Crippen LogP contribution in [0.3, 0.4) is 0 Å². The number of ether oxygens (including phenoxy) is 1. The van der Waals surface area contributed by atoms with Crippen molar-refractivity contribution in [3.8, 4) is 5.75 Å². The smallest absolute Gasteiger partial charge is 0.258 e. The average molecular weight is 263 g/mol. The molecule has 1 aromatic rings. The number of hydrogen-bond donors (Lipinski definition) is 2. The fourth-order valence-electron chi connectivity index (χ4n) is 2.25. The summed E-state index contributed by atoms with van der Waals surface area (Å²) in [5.74, 6) is 0.582. The predicted octanol–water partition coefficient (Wildman–Crippen LogP) is 1.65. The van der Waals surface area contributed by atoms with Crippen LogP contribution in [0.4, 0.5) is 0 Å². The number of aryl methyl sites for hydroxylation is 1. The van der Waals surface area contributed by atoms with Crippen LogP contribution in [-0.4, -0.2) is 29.8 Å². The first-order valence-electron chi connectivity index (χ1n) is 6.57. The zero-order valence-corrected chi connectivity index (χ0v) is 11.6. The number of carbonyl (C=O) groups excluding carboxylic acids is 1. The number of rotatable bonds is 4. The van der Waals surface area contributed by atoms with Gasteiger partial charge in [0.1, 0.15) is 5.75 Å². The fourth-order valence-corrected chi connectivity index (χ4v) is 2.25. The minimum atomic E-state index is -0.338. The molecule has 0 saturated heterocycles. The second-order valence-electron chi connectivity index (χ2n) is 5.75. The molecule has 2 N–H and O–H groups in total. The third kappa shape index (κ3) is 2.89. The molecule has 0 heterocycles. The van der Waals surface area contributed by atoms with Crippen molar-refractivity contribution in [3.63, 3.8) is 0 Å². The molecular weight excluding hydrogens is 242 g/mol. The van der Waals surface area contributed by atoms with E-state index in [1.54, 1.807) is 0 Å². The van der Waals surface area contributed by atoms with Crippen molar-refractivity contribution < 1.29 is 14.6 Å². The quantitative estimate of drug-likeness (QED) is 0.868. The SMILES string of the molecule is Cc1ccccc1OCC(=O)NC1CC(O)C1(C)C. The third-order valence-corrected chi connectivity index (χ3v) is 4.00. The highest BCUT2D eigenvalue weighted by Crippen LogP contribution is 2.40. The summed E-state index contributed by atoms with van der Waals surface area (Å²) in [7, 11) is 0. The van der Waals surface area contributed by atoms with Gasteiger partial charge in [-0.15, -0.1) is 0 Å². The number of para-hydroxylation sites is 1. The van der Waals surface area contributed by atoms with Gasteiger partial charge in [-0.2, -0.15) is 0 Å². The van der Waals surface area contributed by atoms with Gasteiger partial charge in [0.05, 0.1) is 6.10 Å². The van der Waals surface area contributed by atoms with Crippen molar-refractivity contribution in [2.45, 2.75) is 39.3 Å². The van der Waals surface area contributed by atoms with Gasteiger partial charge in [0, 0.05) is 11.5 Å². The fraction of sp³-hybridized carbons (Fsp3) is 0.533. The van der Waals surface area contributed by atoms with Crippen molar-refractivity contribution in [2.24, 2.45) is 5.41 Å². The van der Waals surface area contributed by atoms with Crippen LogP contribution in [0.5, 0.6) is 5.75 Å². The van der Waals surface area contributed by atoms with Crippen molar-refractivity contribution in [2.75, 3.05) is 6.61 Å². The molecule has 1 aromatic carbocycles. The Morgan fingerprint density at radius 2 is 2.16 bits per heavy atom. The predicted molar refractivity (Wildman–Crippen MR) is 73.0 cm³/mol. The molecule has 0 spiro atoms. The number of carbonyl (C=O) groups is 1. The molecule has 0 aromatic heterocycles. The van der Waals surface area contributed by atoms with Crippen molar-refractivity contribution >= 4 is 5.91 Å². The van der Waals surface area contributed by atoms with Crippen molar-refractivity contribution in [1.29, 1.82) is 0 Å². The van der Waals surface area contributed by atoms with Crippen LogP contribution in [0.15, 0.2) is 24.3 Å². The first kappa shape index (κ1) is 13.9. The number of nitrogens with one attached hydrogen (secondary N) is 1. The lowest BCUT2D eigenvalue weighted by Crippen LogP contribution is -2.61. The van der Waals surface area contributed by atoms with Gasteiger partial charge in [0.2, 0.25) is 0 Å². The molecule has 1 saturated carbocycles. The van der Waals surface area contributed by atoms with E-state index in [0.29, 0.717) is 6.42 Å². The van der Waals surface area contributed by atoms with E-state index >= 15 is 0 Å². The molecule has 4 heteroatoms. The van der Waals surface area contributed by atoms with Crippen molar-refractivity contribution in [1.82, 2.24) is 5.32 Å². The molecule has 1 fully saturated rings. The van der Waals surface area contributed by atoms with Gasteiger partial charge in [-0.3, -0.25) is 4.79 Å². The summed E-state index contributed by atoms with van der Waals surface area (Å²) in [4.78, 5) is 11.8. The Morgan fingerprint density at radius 1 is 1.47 bits per heavy atom. The van der Waals surface area contributed by atoms with Gasteiger partial charge >= 0.3 is 0 Å². The first-order valence-corrected chi connectivity index (χ1v) is 6.57. The van der Waals surface area contributed by atoms with E-state index in [1.165, 1.54) is 0 Å². The third-order valence-electron chi connectivity index (χ3n) is 4.00. The van der Waals surface area contributed by atoms with E-state index in [-0.39, 0.29) is 30.1 Å². The number of hydrogen-bond acceptors (Lipinski definition) is 3. The molecule has 0 bridgehead atoms. The van der Waals surface area contributed by atoms with E-state index in [2.05, 4.69) is 5.32 Å². The van der Waals surface area contributed by atoms with Gasteiger partial charge in [-0.25, -0.2) is 0 Å². The maximum absolute atomic E-state index is 11.8. The van der Waals surface area contributed by atoms with Crippen LogP contribution in [0.25, 0.3) is 0 Å². The molecule has 2 unspecified atom stereocenters. The van der Waals surface area contributed by atoms with Crippen molar-refractivity contribution in [3.05, 3.63) is 29.8 Å². The summed E-state index contributed by atoms with van der Waals surface area (Å²) in [5.41, 5.74) is 0.757. The summed E-state index contributed by atoms with van der Waals surface area (Å²) < 4.78 is 5.49. The van der Waals surface area contributed by atoms with Gasteiger partial charge in [0.15, 0.2) is 6.61 Å². The van der Waals surface area contributed by atoms with Gasteiger partial charge in [0.25, 0.3) is 5.91 Å². The summed E-state index contributed by atoms with van der Waals surface area (Å²) in [5, 5.41) is 12.5. The Balaban J connectivity index is 1.82. The molecule has 2 atom stereocenters. The van der Waals surface area contributed by atoms with Crippen LogP contribution in [0, 0.1) is 12.3 Å². The summed E-state index contributed by atoms with van der Waals surface area (Å²) in [6.07, 6.45) is 0.276. The van der Waals surface area contributed by atoms with Crippen LogP contribution in [0.1, 0.15) is 25.8 Å². The zero-order chi connectivity index (χ0) is 14.0. The second-order valence-corrected chi connectivity index (χ2v) is 5.75. The van der Waals surface area contributed by atoms with E-state index in [1.807, 2.05) is 45.0 Å². The second kappa shape index (κ2) is 5.21. The minimum absolute atomic E-state index is 0.00747. The Labute approximate surface area is 113 Å². The highest BCUT2D eigenvalue weighted by Gasteiger charge is 2.47. The summed E-state index contributed by atoms with van der Waals surface area (Å²) in [6.45, 7) is 5.86. The molecular formula is C15H21NO3. The van der Waals surface area contributed by atoms with E-state index in [4.69, 9.17) is 4.74 Å². The van der Waals surface area contributed by atoms with E-state index in [9.17, 15) is 9.90 Å². The van der Waals surface area contributed by atoms with Gasteiger partial charge in [-0.05, 0) is 25.0 Å². The molecule has 4 nitrogen and oxygen atoms in total. The van der Waals surface area contributed by atoms with Crippen LogP contribution in [0.2, 0.25) is 0 Å². The number of amides is 1. The largest absolute Gasteiger partial charge is 0.484 e. The molecule has 0 aliphatic heterocycles. The van der Waals surface area contributed by atoms with Crippen LogP contribution < -0.4 is 10.1 Å². The molecule has 1 aliphatic rings. The lowest BCUT2D eigenvalue weighted by molar-refractivity contribution is -0.131. The normalized spacial score (nSPS) is 24.4. The highest BCUT2D eigenvalue weighted by atomic mass is 16.5. The minimum Gasteiger partial charge on any atom is -0.484 e. The summed E-state index contributed by atoms with van der Waals surface area (Å²) >= 11 is 0. The number of aliphatic hydroxyl groups excluding tert-OH is 1. The van der Waals surface area contributed by atoms with Crippen LogP contribution in [-0.2, 0) is 4.79 Å². The Bertz CT molecular complexity index is 470. The maximum atomic E-state index is 11.8. The van der Waals surface area contributed by atoms with Gasteiger partial charge in [-0.1, -0.05) is 32.0 Å². The highest BCUT2D eigenvalue weighted by molar-refractivity contribution is 5.78. The number of aliphatic hydroxyl groups is 1. The van der Waals surface area contributed by atoms with E-state index < -0.39 is 0 Å². The summed E-state index contributed by atoms with van der Waals surface area (Å²) in [6, 6.07) is 7.63. The molecule has 0 radical (unpaired) electrons. The maximum Gasteiger partial charge on any atom is 0.258 e. The molecule has 19 heavy (non-hydrogen) atoms. The molecule has 104 valence electrons. The monoisotopic (exact) mass is 263 g/mol. The lowest BCUT2D eigenvalue weighted by Gasteiger charge is -2.49. The first-order chi connectivity index (χ1) is 8.91. The van der Waals surface area contributed by atoms with Crippen LogP contribution >= 0.6 is 0 Å². The molecule has 1 aliphatic carbocycles. The Hall–Kier alpha value is -1.55. The molecule has 2 rings (SSSR count). The number of benzene rings is 1. The topological polar surface area (TPSA) is 58.6 Å². The van der Waals surface area contributed by atoms with Gasteiger partial charge < -0.3 is 15.2 Å². The Morgan fingerprint density at radius 3 is 2.74 bits per heavy atom. The standard InChI is InChI=1S/C15H21NO3/c1-10-6-4-5-7-11(10)19-9-14(18)16-12-8-13(17)15(12,2)3/h4-7,12-13,17H,8-9H2,1-3H3,(H,16,18). The van der Waals surface area contributed by atoms with E-state index in [0.717, 1.165) is 11.3 Å². The lowest BCUT2D eigenvalue weighted by atomic mass is 9.64. The zero-order valence-electron chi connectivity index (χ0n) is 11.6.